The molecule has 0 spiro atoms. The van der Waals surface area contributed by atoms with Gasteiger partial charge in [-0.15, -0.1) is 0 Å². The van der Waals surface area contributed by atoms with Crippen LogP contribution in [0.1, 0.15) is 55.4 Å². The minimum absolute atomic E-state index is 0.210. The molecule has 30 heavy (non-hydrogen) atoms. The molecule has 0 aromatic carbocycles. The van der Waals surface area contributed by atoms with Crippen molar-refractivity contribution < 1.29 is 33.3 Å². The minimum Gasteiger partial charge on any atom is -0.444 e. The predicted molar refractivity (Wildman–Crippen MR) is 107 cm³/mol. The van der Waals surface area contributed by atoms with Crippen LogP contribution in [0.2, 0.25) is 0 Å². The number of ether oxygens (including phenoxy) is 5. The Hall–Kier alpha value is -1.62. The molecule has 3 rings (SSSR count). The molecule has 2 N–H and O–H groups in total. The van der Waals surface area contributed by atoms with Crippen molar-refractivity contribution in [3.63, 3.8) is 0 Å². The molecule has 0 unspecified atom stereocenters. The molecule has 3 aliphatic rings. The van der Waals surface area contributed by atoms with Gasteiger partial charge in [0.1, 0.15) is 41.1 Å². The fourth-order valence-electron chi connectivity index (χ4n) is 3.92. The van der Waals surface area contributed by atoms with Crippen molar-refractivity contribution >= 4 is 12.2 Å². The van der Waals surface area contributed by atoms with E-state index in [1.165, 1.54) is 0 Å². The van der Waals surface area contributed by atoms with E-state index >= 15 is 0 Å². The standard InChI is InChI=1S/C20H35N3O7/c1-17(2,3)29-15(24)21-10-19(7)13-23-12(9-26-13)27-20(8,14(23)28-19)11-22-16(25)30-18(4,5)6/h12-14H,9-11H2,1-8H3,(H,21,24)(H,22,25)/t12-,13-,14-,19-,20-/m1/s1. The maximum absolute atomic E-state index is 12.1. The van der Waals surface area contributed by atoms with Crippen molar-refractivity contribution in [2.45, 2.75) is 96.5 Å². The monoisotopic (exact) mass is 429 g/mol. The van der Waals surface area contributed by atoms with Crippen LogP contribution < -0.4 is 10.6 Å². The lowest BCUT2D eigenvalue weighted by molar-refractivity contribution is -0.127. The highest BCUT2D eigenvalue weighted by molar-refractivity contribution is 5.68. The van der Waals surface area contributed by atoms with Crippen molar-refractivity contribution in [3.05, 3.63) is 0 Å². The number of hydrogen-bond acceptors (Lipinski definition) is 8. The smallest absolute Gasteiger partial charge is 0.407 e. The van der Waals surface area contributed by atoms with E-state index in [0.29, 0.717) is 6.61 Å². The Kier molecular flexibility index (Phi) is 5.77. The van der Waals surface area contributed by atoms with Crippen LogP contribution >= 0.6 is 0 Å². The quantitative estimate of drug-likeness (QED) is 0.698. The third-order valence-corrected chi connectivity index (χ3v) is 5.07. The Morgan fingerprint density at radius 2 is 1.37 bits per heavy atom. The van der Waals surface area contributed by atoms with E-state index in [0.717, 1.165) is 0 Å². The number of rotatable bonds is 4. The summed E-state index contributed by atoms with van der Waals surface area (Å²) < 4.78 is 29.1. The molecule has 3 fully saturated rings. The van der Waals surface area contributed by atoms with Gasteiger partial charge in [0.25, 0.3) is 0 Å². The fraction of sp³-hybridized carbons (Fsp3) is 0.900. The number of carbonyl (C=O) groups excluding carboxylic acids is 2. The summed E-state index contributed by atoms with van der Waals surface area (Å²) in [6.45, 7) is 15.4. The second kappa shape index (κ2) is 7.51. The lowest BCUT2D eigenvalue weighted by atomic mass is 10.1. The van der Waals surface area contributed by atoms with Gasteiger partial charge >= 0.3 is 12.2 Å². The highest BCUT2D eigenvalue weighted by Gasteiger charge is 2.67. The number of hydrogen-bond donors (Lipinski definition) is 2. The maximum atomic E-state index is 12.1. The molecule has 0 saturated carbocycles. The predicted octanol–water partition coefficient (Wildman–Crippen LogP) is 1.92. The zero-order valence-electron chi connectivity index (χ0n) is 19.2. The Morgan fingerprint density at radius 1 is 0.900 bits per heavy atom. The van der Waals surface area contributed by atoms with Crippen LogP contribution in [-0.4, -0.2) is 77.9 Å². The molecule has 0 radical (unpaired) electrons. The van der Waals surface area contributed by atoms with Crippen LogP contribution in [-0.2, 0) is 23.7 Å². The molecule has 0 aromatic rings. The van der Waals surface area contributed by atoms with Gasteiger partial charge in [0.05, 0.1) is 19.7 Å². The van der Waals surface area contributed by atoms with E-state index in [9.17, 15) is 9.59 Å². The Balaban J connectivity index is 1.64. The van der Waals surface area contributed by atoms with E-state index in [2.05, 4.69) is 10.6 Å². The number of carbonyl (C=O) groups is 2. The minimum atomic E-state index is -0.798. The van der Waals surface area contributed by atoms with Gasteiger partial charge in [0.2, 0.25) is 0 Å². The topological polar surface area (TPSA) is 108 Å². The first-order valence-corrected chi connectivity index (χ1v) is 10.3. The molecule has 0 aliphatic carbocycles. The average molecular weight is 430 g/mol. The summed E-state index contributed by atoms with van der Waals surface area (Å²) in [4.78, 5) is 26.2. The molecule has 2 amide bonds. The maximum Gasteiger partial charge on any atom is 0.407 e. The van der Waals surface area contributed by atoms with Crippen LogP contribution in [0.3, 0.4) is 0 Å². The van der Waals surface area contributed by atoms with E-state index in [-0.39, 0.29) is 25.5 Å². The van der Waals surface area contributed by atoms with Crippen molar-refractivity contribution in [2.24, 2.45) is 0 Å². The highest BCUT2D eigenvalue weighted by atomic mass is 16.7. The first-order valence-electron chi connectivity index (χ1n) is 10.3. The molecule has 5 atom stereocenters. The van der Waals surface area contributed by atoms with Gasteiger partial charge in [0.15, 0.2) is 0 Å². The summed E-state index contributed by atoms with van der Waals surface area (Å²) >= 11 is 0. The third-order valence-electron chi connectivity index (χ3n) is 5.07. The molecule has 172 valence electrons. The van der Waals surface area contributed by atoms with Gasteiger partial charge in [-0.2, -0.15) is 0 Å². The van der Waals surface area contributed by atoms with Crippen molar-refractivity contribution in [3.8, 4) is 0 Å². The summed E-state index contributed by atoms with van der Waals surface area (Å²) in [6.07, 6.45) is -2.14. The van der Waals surface area contributed by atoms with Gasteiger partial charge < -0.3 is 34.3 Å². The number of alkyl carbamates (subject to hydrolysis) is 2. The molecule has 10 nitrogen and oxygen atoms in total. The van der Waals surface area contributed by atoms with Gasteiger partial charge in [-0.1, -0.05) is 0 Å². The SMILES string of the molecule is CC(C)(C)OC(=O)NC[C@@]1(C)O[C@@H]2CO[C@H]3N2[C@@H]1O[C@]3(C)CNC(=O)OC(C)(C)C. The third kappa shape index (κ3) is 4.82. The van der Waals surface area contributed by atoms with E-state index in [4.69, 9.17) is 23.7 Å². The molecule has 0 bridgehead atoms. The first kappa shape index (κ1) is 23.1. The molecule has 3 saturated heterocycles. The Morgan fingerprint density at radius 3 is 1.83 bits per heavy atom. The normalized spacial score (nSPS) is 35.8. The molecular weight excluding hydrogens is 394 g/mol. The largest absolute Gasteiger partial charge is 0.444 e. The van der Waals surface area contributed by atoms with Crippen LogP contribution in [0.5, 0.6) is 0 Å². The van der Waals surface area contributed by atoms with Gasteiger partial charge in [-0.05, 0) is 55.4 Å². The molecule has 3 heterocycles. The molecular formula is C20H35N3O7. The molecule has 3 aliphatic heterocycles. The number of nitrogens with one attached hydrogen (secondary N) is 2. The Bertz CT molecular complexity index is 657. The van der Waals surface area contributed by atoms with Gasteiger partial charge in [-0.25, -0.2) is 14.5 Å². The highest BCUT2D eigenvalue weighted by Crippen LogP contribution is 2.48. The molecule has 10 heteroatoms. The van der Waals surface area contributed by atoms with Crippen molar-refractivity contribution in [2.75, 3.05) is 19.7 Å². The first-order chi connectivity index (χ1) is 13.6. The summed E-state index contributed by atoms with van der Waals surface area (Å²) in [7, 11) is 0. The second-order valence-corrected chi connectivity index (χ2v) is 10.5. The van der Waals surface area contributed by atoms with Crippen LogP contribution in [0, 0.1) is 0 Å². The van der Waals surface area contributed by atoms with Crippen molar-refractivity contribution in [1.29, 1.82) is 0 Å². The molecule has 0 aromatic heterocycles. The van der Waals surface area contributed by atoms with E-state index in [1.807, 2.05) is 60.3 Å². The van der Waals surface area contributed by atoms with Gasteiger partial charge in [-0.3, -0.25) is 0 Å². The van der Waals surface area contributed by atoms with Crippen LogP contribution in [0.25, 0.3) is 0 Å². The number of nitrogens with zero attached hydrogens (tertiary/aromatic N) is 1. The Labute approximate surface area is 177 Å². The fourth-order valence-corrected chi connectivity index (χ4v) is 3.92. The zero-order chi connectivity index (χ0) is 22.5. The van der Waals surface area contributed by atoms with Crippen molar-refractivity contribution in [1.82, 2.24) is 15.5 Å². The summed E-state index contributed by atoms with van der Waals surface area (Å²) in [6, 6.07) is 0. The lowest BCUT2D eigenvalue weighted by Crippen LogP contribution is -2.52. The second-order valence-electron chi connectivity index (χ2n) is 10.5. The summed E-state index contributed by atoms with van der Waals surface area (Å²) in [5, 5.41) is 5.55. The summed E-state index contributed by atoms with van der Waals surface area (Å²) in [5.41, 5.74) is -2.77. The van der Waals surface area contributed by atoms with Crippen LogP contribution in [0.15, 0.2) is 0 Å². The zero-order valence-corrected chi connectivity index (χ0v) is 19.2. The van der Waals surface area contributed by atoms with E-state index < -0.39 is 40.8 Å². The van der Waals surface area contributed by atoms with Crippen LogP contribution in [0.4, 0.5) is 9.59 Å². The van der Waals surface area contributed by atoms with E-state index in [1.54, 1.807) is 0 Å². The average Bonchev–Trinajstić information content (AvgIpc) is 3.17. The number of amides is 2. The lowest BCUT2D eigenvalue weighted by Gasteiger charge is -2.32. The van der Waals surface area contributed by atoms with Gasteiger partial charge in [0, 0.05) is 0 Å². The summed E-state index contributed by atoms with van der Waals surface area (Å²) in [5.74, 6) is 0.